The highest BCUT2D eigenvalue weighted by molar-refractivity contribution is 6.39. The van der Waals surface area contributed by atoms with Gasteiger partial charge in [-0.15, -0.1) is 0 Å². The van der Waals surface area contributed by atoms with Crippen LogP contribution in [0.5, 0.6) is 5.75 Å². The van der Waals surface area contributed by atoms with E-state index < -0.39 is 11.8 Å². The third kappa shape index (κ3) is 6.32. The quantitative estimate of drug-likeness (QED) is 0.595. The molecule has 0 spiro atoms. The molecule has 35 heavy (non-hydrogen) atoms. The van der Waals surface area contributed by atoms with Crippen molar-refractivity contribution in [3.63, 3.8) is 0 Å². The molecule has 4 rings (SSSR count). The first-order valence-electron chi connectivity index (χ1n) is 12.5. The summed E-state index contributed by atoms with van der Waals surface area (Å²) in [6.07, 6.45) is 2.22. The molecule has 0 saturated carbocycles. The Labute approximate surface area is 208 Å². The summed E-state index contributed by atoms with van der Waals surface area (Å²) in [5.41, 5.74) is 4.39. The number of fused-ring (bicyclic) bond motifs is 1. The Morgan fingerprint density at radius 3 is 2.43 bits per heavy atom. The van der Waals surface area contributed by atoms with Gasteiger partial charge in [-0.1, -0.05) is 12.1 Å². The van der Waals surface area contributed by atoms with Crippen molar-refractivity contribution in [2.24, 2.45) is 0 Å². The van der Waals surface area contributed by atoms with Crippen molar-refractivity contribution < 1.29 is 14.3 Å². The minimum atomic E-state index is -0.668. The molecule has 2 aromatic rings. The van der Waals surface area contributed by atoms with Crippen LogP contribution in [0.15, 0.2) is 42.5 Å². The zero-order valence-corrected chi connectivity index (χ0v) is 21.0. The van der Waals surface area contributed by atoms with E-state index in [0.717, 1.165) is 51.3 Å². The number of amides is 2. The molecule has 1 saturated heterocycles. The van der Waals surface area contributed by atoms with Crippen LogP contribution in [0.1, 0.15) is 30.5 Å². The molecule has 188 valence electrons. The van der Waals surface area contributed by atoms with Crippen LogP contribution in [0.4, 0.5) is 11.4 Å². The van der Waals surface area contributed by atoms with E-state index in [2.05, 4.69) is 57.6 Å². The van der Waals surface area contributed by atoms with Crippen LogP contribution in [0.25, 0.3) is 0 Å². The number of likely N-dealkylation sites (N-methyl/N-ethyl adjacent to an activating group) is 1. The van der Waals surface area contributed by atoms with Gasteiger partial charge in [0.2, 0.25) is 0 Å². The molecule has 0 aromatic heterocycles. The van der Waals surface area contributed by atoms with Gasteiger partial charge < -0.3 is 25.2 Å². The Hall–Kier alpha value is -3.10. The Kier molecular flexibility index (Phi) is 8.25. The van der Waals surface area contributed by atoms with Crippen molar-refractivity contribution >= 4 is 23.2 Å². The molecule has 0 aliphatic carbocycles. The van der Waals surface area contributed by atoms with Crippen LogP contribution in [-0.2, 0) is 16.0 Å². The molecular weight excluding hydrogens is 442 g/mol. The minimum absolute atomic E-state index is 0.0171. The number of carbonyl (C=O) groups is 2. The van der Waals surface area contributed by atoms with E-state index in [4.69, 9.17) is 4.74 Å². The van der Waals surface area contributed by atoms with Gasteiger partial charge in [-0.3, -0.25) is 14.5 Å². The molecule has 2 aromatic carbocycles. The standard InChI is InChI=1S/C27H37N5O3/c1-4-35-23-10-8-22(9-11-23)29-27(34)26(33)28-19-25(32-16-14-30(2)15-17-32)21-7-12-24-20(18-21)6-5-13-31(24)3/h7-12,18,25H,4-6,13-17,19H2,1-3H3,(H,28,33)(H,29,34)/t25-/m1/s1. The van der Waals surface area contributed by atoms with Gasteiger partial charge in [0.25, 0.3) is 0 Å². The van der Waals surface area contributed by atoms with Crippen molar-refractivity contribution in [1.29, 1.82) is 0 Å². The molecule has 1 fully saturated rings. The molecular formula is C27H37N5O3. The summed E-state index contributed by atoms with van der Waals surface area (Å²) in [5, 5.41) is 5.56. The van der Waals surface area contributed by atoms with Gasteiger partial charge in [0.05, 0.1) is 12.6 Å². The first kappa shape index (κ1) is 25.0. The van der Waals surface area contributed by atoms with E-state index in [0.29, 0.717) is 18.8 Å². The van der Waals surface area contributed by atoms with Crippen molar-refractivity contribution in [2.75, 3.05) is 70.2 Å². The second-order valence-corrected chi connectivity index (χ2v) is 9.39. The molecule has 0 bridgehead atoms. The van der Waals surface area contributed by atoms with Crippen LogP contribution in [0, 0.1) is 0 Å². The molecule has 2 aliphatic rings. The van der Waals surface area contributed by atoms with Crippen LogP contribution in [0.2, 0.25) is 0 Å². The summed E-state index contributed by atoms with van der Waals surface area (Å²) in [4.78, 5) is 32.3. The van der Waals surface area contributed by atoms with Crippen LogP contribution < -0.4 is 20.3 Å². The number of ether oxygens (including phenoxy) is 1. The number of piperazine rings is 1. The zero-order valence-electron chi connectivity index (χ0n) is 21.0. The largest absolute Gasteiger partial charge is 0.494 e. The lowest BCUT2D eigenvalue weighted by Crippen LogP contribution is -2.49. The molecule has 2 heterocycles. The number of rotatable bonds is 7. The fourth-order valence-electron chi connectivity index (χ4n) is 4.86. The number of hydrogen-bond acceptors (Lipinski definition) is 6. The van der Waals surface area contributed by atoms with Gasteiger partial charge in [0.15, 0.2) is 0 Å². The summed E-state index contributed by atoms with van der Waals surface area (Å²) >= 11 is 0. The van der Waals surface area contributed by atoms with Gasteiger partial charge in [0, 0.05) is 57.7 Å². The summed E-state index contributed by atoms with van der Waals surface area (Å²) in [6, 6.07) is 13.7. The third-order valence-corrected chi connectivity index (χ3v) is 6.90. The highest BCUT2D eigenvalue weighted by Crippen LogP contribution is 2.31. The summed E-state index contributed by atoms with van der Waals surface area (Å²) in [5.74, 6) is -0.574. The Bertz CT molecular complexity index is 1020. The average molecular weight is 480 g/mol. The van der Waals surface area contributed by atoms with Gasteiger partial charge >= 0.3 is 11.8 Å². The predicted octanol–water partition coefficient (Wildman–Crippen LogP) is 2.51. The Morgan fingerprint density at radius 1 is 0.971 bits per heavy atom. The normalized spacial score (nSPS) is 17.4. The summed E-state index contributed by atoms with van der Waals surface area (Å²) in [7, 11) is 4.27. The van der Waals surface area contributed by atoms with E-state index in [1.54, 1.807) is 24.3 Å². The van der Waals surface area contributed by atoms with Crippen LogP contribution in [-0.4, -0.2) is 81.6 Å². The summed E-state index contributed by atoms with van der Waals surface area (Å²) in [6.45, 7) is 7.76. The monoisotopic (exact) mass is 479 g/mol. The van der Waals surface area contributed by atoms with Crippen LogP contribution >= 0.6 is 0 Å². The maximum absolute atomic E-state index is 12.7. The lowest BCUT2D eigenvalue weighted by molar-refractivity contribution is -0.136. The number of nitrogens with zero attached hydrogens (tertiary/aromatic N) is 3. The minimum Gasteiger partial charge on any atom is -0.494 e. The molecule has 0 unspecified atom stereocenters. The fourth-order valence-corrected chi connectivity index (χ4v) is 4.86. The molecule has 2 amide bonds. The SMILES string of the molecule is CCOc1ccc(NC(=O)C(=O)NC[C@H](c2ccc3c(c2)CCCN3C)N2CCN(C)CC2)cc1. The number of carbonyl (C=O) groups excluding carboxylic acids is 2. The van der Waals surface area contributed by atoms with Crippen molar-refractivity contribution in [3.8, 4) is 5.75 Å². The first-order valence-corrected chi connectivity index (χ1v) is 12.5. The number of anilines is 2. The van der Waals surface area contributed by atoms with Gasteiger partial charge in [-0.25, -0.2) is 0 Å². The number of hydrogen-bond donors (Lipinski definition) is 2. The molecule has 8 heteroatoms. The zero-order chi connectivity index (χ0) is 24.8. The van der Waals surface area contributed by atoms with E-state index in [9.17, 15) is 9.59 Å². The molecule has 0 radical (unpaired) electrons. The first-order chi connectivity index (χ1) is 16.9. The highest BCUT2D eigenvalue weighted by atomic mass is 16.5. The van der Waals surface area contributed by atoms with E-state index in [-0.39, 0.29) is 6.04 Å². The Morgan fingerprint density at radius 2 is 1.71 bits per heavy atom. The smallest absolute Gasteiger partial charge is 0.313 e. The molecule has 2 N–H and O–H groups in total. The van der Waals surface area contributed by atoms with E-state index in [1.807, 2.05) is 6.92 Å². The second kappa shape index (κ2) is 11.6. The lowest BCUT2D eigenvalue weighted by atomic mass is 9.95. The van der Waals surface area contributed by atoms with E-state index in [1.165, 1.54) is 16.8 Å². The van der Waals surface area contributed by atoms with E-state index >= 15 is 0 Å². The van der Waals surface area contributed by atoms with Crippen molar-refractivity contribution in [3.05, 3.63) is 53.6 Å². The number of nitrogens with one attached hydrogen (secondary N) is 2. The predicted molar refractivity (Wildman–Crippen MR) is 139 cm³/mol. The molecule has 8 nitrogen and oxygen atoms in total. The van der Waals surface area contributed by atoms with Crippen molar-refractivity contribution in [1.82, 2.24) is 15.1 Å². The maximum atomic E-state index is 12.7. The molecule has 2 aliphatic heterocycles. The van der Waals surface area contributed by atoms with Crippen LogP contribution in [0.3, 0.4) is 0 Å². The third-order valence-electron chi connectivity index (χ3n) is 6.90. The maximum Gasteiger partial charge on any atom is 0.313 e. The number of aryl methyl sites for hydroxylation is 1. The fraction of sp³-hybridized carbons (Fsp3) is 0.481. The van der Waals surface area contributed by atoms with Crippen molar-refractivity contribution in [2.45, 2.75) is 25.8 Å². The summed E-state index contributed by atoms with van der Waals surface area (Å²) < 4.78 is 5.42. The second-order valence-electron chi connectivity index (χ2n) is 9.39. The van der Waals surface area contributed by atoms with Gasteiger partial charge in [-0.05, 0) is 68.3 Å². The van der Waals surface area contributed by atoms with Gasteiger partial charge in [-0.2, -0.15) is 0 Å². The number of benzene rings is 2. The molecule has 1 atom stereocenters. The highest BCUT2D eigenvalue weighted by Gasteiger charge is 2.27. The Balaban J connectivity index is 1.43. The topological polar surface area (TPSA) is 77.1 Å². The lowest BCUT2D eigenvalue weighted by Gasteiger charge is -2.39. The van der Waals surface area contributed by atoms with Gasteiger partial charge in [0.1, 0.15) is 5.75 Å². The average Bonchev–Trinajstić information content (AvgIpc) is 2.86.